The average Bonchev–Trinajstić information content (AvgIpc) is 3.17. The first-order valence-corrected chi connectivity index (χ1v) is 8.53. The molecule has 0 saturated heterocycles. The van der Waals surface area contributed by atoms with E-state index in [-0.39, 0.29) is 12.1 Å². The summed E-state index contributed by atoms with van der Waals surface area (Å²) in [4.78, 5) is 4.82. The first kappa shape index (κ1) is 18.9. The number of aliphatic hydroxyl groups excluding tert-OH is 1. The Morgan fingerprint density at radius 2 is 1.81 bits per heavy atom. The maximum atomic E-state index is 9.80. The van der Waals surface area contributed by atoms with Gasteiger partial charge in [-0.2, -0.15) is 0 Å². The highest BCUT2D eigenvalue weighted by Crippen LogP contribution is 2.25. The van der Waals surface area contributed by atoms with E-state index in [4.69, 9.17) is 0 Å². The molecule has 0 aromatic carbocycles. The Labute approximate surface area is 131 Å². The van der Waals surface area contributed by atoms with Crippen LogP contribution >= 0.6 is 0 Å². The minimum Gasteiger partial charge on any atom is -0.394 e. The zero-order chi connectivity index (χ0) is 16.0. The van der Waals surface area contributed by atoms with Crippen LogP contribution in [0, 0.1) is 5.92 Å². The van der Waals surface area contributed by atoms with Crippen LogP contribution in [0.1, 0.15) is 47.0 Å². The summed E-state index contributed by atoms with van der Waals surface area (Å²) in [5, 5.41) is 13.4. The van der Waals surface area contributed by atoms with Crippen molar-refractivity contribution in [2.75, 3.05) is 40.3 Å². The van der Waals surface area contributed by atoms with Gasteiger partial charge in [-0.05, 0) is 53.1 Å². The predicted octanol–water partition coefficient (Wildman–Crippen LogP) is 1.79. The van der Waals surface area contributed by atoms with Crippen molar-refractivity contribution in [3.63, 3.8) is 0 Å². The molecule has 0 amide bonds. The Morgan fingerprint density at radius 3 is 2.24 bits per heavy atom. The summed E-state index contributed by atoms with van der Waals surface area (Å²) in [6, 6.07) is 1.12. The summed E-state index contributed by atoms with van der Waals surface area (Å²) >= 11 is 0. The molecule has 0 spiro atoms. The van der Waals surface area contributed by atoms with Crippen molar-refractivity contribution in [2.24, 2.45) is 5.92 Å². The summed E-state index contributed by atoms with van der Waals surface area (Å²) < 4.78 is 0. The van der Waals surface area contributed by atoms with Gasteiger partial charge in [0.2, 0.25) is 0 Å². The number of aliphatic hydroxyl groups is 1. The Kier molecular flexibility index (Phi) is 7.62. The van der Waals surface area contributed by atoms with Crippen molar-refractivity contribution in [3.05, 3.63) is 0 Å². The van der Waals surface area contributed by atoms with Crippen LogP contribution < -0.4 is 5.32 Å². The fourth-order valence-corrected chi connectivity index (χ4v) is 2.96. The summed E-state index contributed by atoms with van der Waals surface area (Å²) in [6.07, 6.45) is 3.53. The second-order valence-electron chi connectivity index (χ2n) is 7.88. The quantitative estimate of drug-likeness (QED) is 0.610. The summed E-state index contributed by atoms with van der Waals surface area (Å²) in [5.41, 5.74) is -0.145. The highest BCUT2D eigenvalue weighted by Gasteiger charge is 2.34. The zero-order valence-electron chi connectivity index (χ0n) is 15.0. The summed E-state index contributed by atoms with van der Waals surface area (Å²) in [7, 11) is 4.26. The van der Waals surface area contributed by atoms with Gasteiger partial charge in [0.05, 0.1) is 6.61 Å². The normalized spacial score (nSPS) is 20.3. The van der Waals surface area contributed by atoms with Gasteiger partial charge >= 0.3 is 0 Å². The second-order valence-corrected chi connectivity index (χ2v) is 7.88. The standard InChI is InChI=1S/C17H37N3O/c1-14(2)12-20(10-9-19(5)6)15(3)11-17(4,13-21)18-16-7-8-16/h14-16,18,21H,7-13H2,1-6H3. The molecular formula is C17H37N3O. The molecule has 0 aromatic rings. The minimum absolute atomic E-state index is 0.145. The molecule has 126 valence electrons. The lowest BCUT2D eigenvalue weighted by molar-refractivity contribution is 0.101. The lowest BCUT2D eigenvalue weighted by Crippen LogP contribution is -2.52. The Bertz CT molecular complexity index is 292. The van der Waals surface area contributed by atoms with Crippen molar-refractivity contribution in [2.45, 2.75) is 64.6 Å². The minimum atomic E-state index is -0.145. The molecular weight excluding hydrogens is 262 g/mol. The van der Waals surface area contributed by atoms with Crippen LogP contribution in [0.25, 0.3) is 0 Å². The van der Waals surface area contributed by atoms with Crippen LogP contribution in [0.4, 0.5) is 0 Å². The molecule has 4 nitrogen and oxygen atoms in total. The molecule has 4 heteroatoms. The van der Waals surface area contributed by atoms with Crippen molar-refractivity contribution in [1.82, 2.24) is 15.1 Å². The Balaban J connectivity index is 2.57. The van der Waals surface area contributed by atoms with Crippen LogP contribution in [-0.2, 0) is 0 Å². The largest absolute Gasteiger partial charge is 0.394 e. The third-order valence-electron chi connectivity index (χ3n) is 4.28. The van der Waals surface area contributed by atoms with E-state index in [0.29, 0.717) is 18.0 Å². The van der Waals surface area contributed by atoms with Gasteiger partial charge in [-0.25, -0.2) is 0 Å². The molecule has 21 heavy (non-hydrogen) atoms. The fourth-order valence-electron chi connectivity index (χ4n) is 2.96. The molecule has 0 aliphatic heterocycles. The molecule has 1 aliphatic rings. The van der Waals surface area contributed by atoms with E-state index in [1.807, 2.05) is 0 Å². The van der Waals surface area contributed by atoms with E-state index in [2.05, 4.69) is 56.9 Å². The number of likely N-dealkylation sites (N-methyl/N-ethyl adjacent to an activating group) is 1. The van der Waals surface area contributed by atoms with Crippen molar-refractivity contribution in [1.29, 1.82) is 0 Å². The van der Waals surface area contributed by atoms with Gasteiger partial charge in [-0.1, -0.05) is 13.8 Å². The van der Waals surface area contributed by atoms with Gasteiger partial charge in [0.15, 0.2) is 0 Å². The number of hydrogen-bond acceptors (Lipinski definition) is 4. The van der Waals surface area contributed by atoms with Crippen LogP contribution in [0.15, 0.2) is 0 Å². The monoisotopic (exact) mass is 299 g/mol. The van der Waals surface area contributed by atoms with E-state index in [9.17, 15) is 5.11 Å². The van der Waals surface area contributed by atoms with E-state index in [1.165, 1.54) is 12.8 Å². The van der Waals surface area contributed by atoms with Gasteiger partial charge in [0, 0.05) is 37.3 Å². The maximum Gasteiger partial charge on any atom is 0.0611 e. The van der Waals surface area contributed by atoms with Gasteiger partial charge in [0.1, 0.15) is 0 Å². The summed E-state index contributed by atoms with van der Waals surface area (Å²) in [5.74, 6) is 0.673. The van der Waals surface area contributed by atoms with E-state index in [1.54, 1.807) is 0 Å². The van der Waals surface area contributed by atoms with E-state index >= 15 is 0 Å². The molecule has 2 atom stereocenters. The third kappa shape index (κ3) is 7.59. The molecule has 1 aliphatic carbocycles. The smallest absolute Gasteiger partial charge is 0.0611 e. The van der Waals surface area contributed by atoms with Crippen LogP contribution in [0.5, 0.6) is 0 Å². The second kappa shape index (κ2) is 8.47. The molecule has 0 aromatic heterocycles. The van der Waals surface area contributed by atoms with Gasteiger partial charge in [-0.15, -0.1) is 0 Å². The highest BCUT2D eigenvalue weighted by atomic mass is 16.3. The summed E-state index contributed by atoms with van der Waals surface area (Å²) in [6.45, 7) is 12.6. The fraction of sp³-hybridized carbons (Fsp3) is 1.00. The Hall–Kier alpha value is -0.160. The van der Waals surface area contributed by atoms with Crippen molar-refractivity contribution >= 4 is 0 Å². The van der Waals surface area contributed by atoms with Crippen LogP contribution in [0.3, 0.4) is 0 Å². The molecule has 1 rings (SSSR count). The van der Waals surface area contributed by atoms with E-state index < -0.39 is 0 Å². The number of nitrogens with one attached hydrogen (secondary N) is 1. The maximum absolute atomic E-state index is 9.80. The highest BCUT2D eigenvalue weighted by molar-refractivity contribution is 4.94. The molecule has 0 bridgehead atoms. The molecule has 2 unspecified atom stereocenters. The molecule has 0 heterocycles. The SMILES string of the molecule is CC(C)CN(CCN(C)C)C(C)CC(C)(CO)NC1CC1. The Morgan fingerprint density at radius 1 is 1.19 bits per heavy atom. The van der Waals surface area contributed by atoms with Gasteiger partial charge in [0.25, 0.3) is 0 Å². The molecule has 1 fully saturated rings. The third-order valence-corrected chi connectivity index (χ3v) is 4.28. The van der Waals surface area contributed by atoms with Crippen molar-refractivity contribution in [3.8, 4) is 0 Å². The lowest BCUT2D eigenvalue weighted by atomic mass is 9.93. The first-order valence-electron chi connectivity index (χ1n) is 8.53. The van der Waals surface area contributed by atoms with Gasteiger partial charge in [-0.3, -0.25) is 4.90 Å². The molecule has 1 saturated carbocycles. The van der Waals surface area contributed by atoms with Gasteiger partial charge < -0.3 is 15.3 Å². The molecule has 0 radical (unpaired) electrons. The number of rotatable bonds is 11. The van der Waals surface area contributed by atoms with Crippen molar-refractivity contribution < 1.29 is 5.11 Å². The number of nitrogens with zero attached hydrogens (tertiary/aromatic N) is 2. The lowest BCUT2D eigenvalue weighted by Gasteiger charge is -2.38. The van der Waals surface area contributed by atoms with E-state index in [0.717, 1.165) is 26.1 Å². The molecule has 2 N–H and O–H groups in total. The first-order chi connectivity index (χ1) is 9.75. The van der Waals surface area contributed by atoms with Crippen LogP contribution in [0.2, 0.25) is 0 Å². The predicted molar refractivity (Wildman–Crippen MR) is 90.7 cm³/mol. The topological polar surface area (TPSA) is 38.7 Å². The zero-order valence-corrected chi connectivity index (χ0v) is 15.0. The number of hydrogen-bond donors (Lipinski definition) is 2. The average molecular weight is 300 g/mol. The van der Waals surface area contributed by atoms with Crippen LogP contribution in [-0.4, -0.2) is 72.9 Å².